The lowest BCUT2D eigenvalue weighted by Gasteiger charge is -2.12. The SMILES string of the molecule is CCn1nc(C)c2[nH]c(=S)n(C[C@@H]3CCCO3)c(=O)c21. The van der Waals surface area contributed by atoms with Crippen LogP contribution >= 0.6 is 12.2 Å². The molecule has 6 nitrogen and oxygen atoms in total. The van der Waals surface area contributed by atoms with Crippen LogP contribution in [0.3, 0.4) is 0 Å². The van der Waals surface area contributed by atoms with Crippen molar-refractivity contribution in [3.63, 3.8) is 0 Å². The molecule has 0 bridgehead atoms. The van der Waals surface area contributed by atoms with Crippen LogP contribution in [0.1, 0.15) is 25.5 Å². The Morgan fingerprint density at radius 3 is 3.00 bits per heavy atom. The maximum atomic E-state index is 12.7. The Balaban J connectivity index is 2.17. The van der Waals surface area contributed by atoms with Crippen LogP contribution in [0.25, 0.3) is 11.0 Å². The quantitative estimate of drug-likeness (QED) is 0.876. The van der Waals surface area contributed by atoms with Crippen LogP contribution in [-0.2, 0) is 17.8 Å². The average molecular weight is 294 g/mol. The second kappa shape index (κ2) is 5.14. The summed E-state index contributed by atoms with van der Waals surface area (Å²) in [5, 5.41) is 4.38. The van der Waals surface area contributed by atoms with Crippen molar-refractivity contribution in [3.8, 4) is 0 Å². The highest BCUT2D eigenvalue weighted by molar-refractivity contribution is 7.71. The number of ether oxygens (including phenoxy) is 1. The van der Waals surface area contributed by atoms with Gasteiger partial charge in [-0.05, 0) is 38.9 Å². The van der Waals surface area contributed by atoms with Gasteiger partial charge in [0.1, 0.15) is 0 Å². The van der Waals surface area contributed by atoms with Crippen LogP contribution in [0.15, 0.2) is 4.79 Å². The van der Waals surface area contributed by atoms with Crippen molar-refractivity contribution in [2.75, 3.05) is 6.61 Å². The zero-order valence-electron chi connectivity index (χ0n) is 11.7. The van der Waals surface area contributed by atoms with Gasteiger partial charge in [0, 0.05) is 13.2 Å². The third-order valence-electron chi connectivity index (χ3n) is 3.76. The van der Waals surface area contributed by atoms with E-state index >= 15 is 0 Å². The minimum absolute atomic E-state index is 0.0818. The molecule has 0 unspecified atom stereocenters. The first-order valence-corrected chi connectivity index (χ1v) is 7.34. The molecule has 1 aliphatic rings. The van der Waals surface area contributed by atoms with E-state index in [0.29, 0.717) is 23.4 Å². The monoisotopic (exact) mass is 294 g/mol. The standard InChI is InChI=1S/C13H18N4O2S/c1-3-17-11-10(8(2)15-17)14-13(20)16(12(11)18)7-9-5-4-6-19-9/h9H,3-7H2,1-2H3,(H,14,20)/t9-/m0/s1. The predicted octanol–water partition coefficient (Wildman–Crippen LogP) is 1.76. The first kappa shape index (κ1) is 13.5. The molecule has 1 saturated heterocycles. The number of aryl methyl sites for hydroxylation is 2. The van der Waals surface area contributed by atoms with Crippen LogP contribution in [0, 0.1) is 11.7 Å². The minimum Gasteiger partial charge on any atom is -0.376 e. The summed E-state index contributed by atoms with van der Waals surface area (Å²) in [4.78, 5) is 15.8. The molecule has 108 valence electrons. The van der Waals surface area contributed by atoms with Gasteiger partial charge in [-0.3, -0.25) is 14.0 Å². The van der Waals surface area contributed by atoms with Crippen LogP contribution in [-0.4, -0.2) is 32.0 Å². The van der Waals surface area contributed by atoms with Crippen LogP contribution in [0.5, 0.6) is 0 Å². The topological polar surface area (TPSA) is 64.8 Å². The lowest BCUT2D eigenvalue weighted by atomic mass is 10.2. The summed E-state index contributed by atoms with van der Waals surface area (Å²) in [6, 6.07) is 0. The maximum Gasteiger partial charge on any atom is 0.280 e. The minimum atomic E-state index is -0.0818. The molecule has 1 atom stereocenters. The fraction of sp³-hybridized carbons (Fsp3) is 0.615. The molecule has 1 aliphatic heterocycles. The van der Waals surface area contributed by atoms with Crippen molar-refractivity contribution in [2.45, 2.75) is 45.9 Å². The van der Waals surface area contributed by atoms with Crippen molar-refractivity contribution in [2.24, 2.45) is 0 Å². The van der Waals surface area contributed by atoms with E-state index in [9.17, 15) is 4.79 Å². The normalized spacial score (nSPS) is 19.0. The third kappa shape index (κ3) is 2.10. The van der Waals surface area contributed by atoms with Gasteiger partial charge in [-0.15, -0.1) is 0 Å². The summed E-state index contributed by atoms with van der Waals surface area (Å²) in [6.45, 7) is 5.79. The Morgan fingerprint density at radius 1 is 1.55 bits per heavy atom. The molecule has 1 N–H and O–H groups in total. The van der Waals surface area contributed by atoms with E-state index in [1.54, 1.807) is 9.25 Å². The van der Waals surface area contributed by atoms with Gasteiger partial charge in [0.2, 0.25) is 0 Å². The van der Waals surface area contributed by atoms with Crippen molar-refractivity contribution < 1.29 is 4.74 Å². The zero-order chi connectivity index (χ0) is 14.3. The van der Waals surface area contributed by atoms with E-state index in [0.717, 1.165) is 30.7 Å². The molecule has 0 saturated carbocycles. The first-order valence-electron chi connectivity index (χ1n) is 6.93. The van der Waals surface area contributed by atoms with Gasteiger partial charge < -0.3 is 9.72 Å². The molecule has 0 aliphatic carbocycles. The molecular weight excluding hydrogens is 276 g/mol. The first-order chi connectivity index (χ1) is 9.61. The number of nitrogens with one attached hydrogen (secondary N) is 1. The lowest BCUT2D eigenvalue weighted by molar-refractivity contribution is 0.0956. The number of nitrogens with zero attached hydrogens (tertiary/aromatic N) is 3. The summed E-state index contributed by atoms with van der Waals surface area (Å²) in [7, 11) is 0. The van der Waals surface area contributed by atoms with Crippen molar-refractivity contribution in [3.05, 3.63) is 20.8 Å². The van der Waals surface area contributed by atoms with Crippen molar-refractivity contribution in [1.29, 1.82) is 0 Å². The Hall–Kier alpha value is -1.47. The molecule has 0 radical (unpaired) electrons. The average Bonchev–Trinajstić information content (AvgIpc) is 3.03. The Labute approximate surface area is 121 Å². The third-order valence-corrected chi connectivity index (χ3v) is 4.08. The highest BCUT2D eigenvalue weighted by atomic mass is 32.1. The zero-order valence-corrected chi connectivity index (χ0v) is 12.5. The second-order valence-corrected chi connectivity index (χ2v) is 5.49. The number of hydrogen-bond acceptors (Lipinski definition) is 4. The van der Waals surface area contributed by atoms with Gasteiger partial charge in [0.05, 0.1) is 23.9 Å². The molecule has 3 heterocycles. The summed E-state index contributed by atoms with van der Waals surface area (Å²) < 4.78 is 9.36. The summed E-state index contributed by atoms with van der Waals surface area (Å²) >= 11 is 5.32. The van der Waals surface area contributed by atoms with Gasteiger partial charge in [-0.25, -0.2) is 0 Å². The van der Waals surface area contributed by atoms with Crippen molar-refractivity contribution in [1.82, 2.24) is 19.3 Å². The number of rotatable bonds is 3. The highest BCUT2D eigenvalue weighted by Gasteiger charge is 2.20. The number of aromatic amines is 1. The number of aromatic nitrogens is 4. The Morgan fingerprint density at radius 2 is 2.35 bits per heavy atom. The summed E-state index contributed by atoms with van der Waals surface area (Å²) in [5.74, 6) is 0. The maximum absolute atomic E-state index is 12.7. The number of hydrogen-bond donors (Lipinski definition) is 1. The molecule has 20 heavy (non-hydrogen) atoms. The van der Waals surface area contributed by atoms with Gasteiger partial charge in [0.15, 0.2) is 10.3 Å². The highest BCUT2D eigenvalue weighted by Crippen LogP contribution is 2.15. The lowest BCUT2D eigenvalue weighted by Crippen LogP contribution is -2.29. The molecule has 1 fully saturated rings. The molecule has 0 spiro atoms. The second-order valence-electron chi connectivity index (χ2n) is 5.11. The van der Waals surface area contributed by atoms with Gasteiger partial charge in [-0.2, -0.15) is 5.10 Å². The van der Waals surface area contributed by atoms with Crippen LogP contribution < -0.4 is 5.56 Å². The Kier molecular flexibility index (Phi) is 3.47. The van der Waals surface area contributed by atoms with Gasteiger partial charge in [-0.1, -0.05) is 0 Å². The van der Waals surface area contributed by atoms with Gasteiger partial charge >= 0.3 is 0 Å². The van der Waals surface area contributed by atoms with Crippen molar-refractivity contribution >= 4 is 23.3 Å². The predicted molar refractivity (Wildman–Crippen MR) is 78.6 cm³/mol. The molecule has 2 aromatic rings. The van der Waals surface area contributed by atoms with E-state index < -0.39 is 0 Å². The molecule has 3 rings (SSSR count). The molecule has 2 aromatic heterocycles. The Bertz CT molecular complexity index is 752. The van der Waals surface area contributed by atoms with Gasteiger partial charge in [0.25, 0.3) is 5.56 Å². The summed E-state index contributed by atoms with van der Waals surface area (Å²) in [5.41, 5.74) is 2.05. The number of fused-ring (bicyclic) bond motifs is 1. The van der Waals surface area contributed by atoms with Crippen LogP contribution in [0.2, 0.25) is 0 Å². The molecular formula is C13H18N4O2S. The van der Waals surface area contributed by atoms with Crippen LogP contribution in [0.4, 0.5) is 0 Å². The van der Waals surface area contributed by atoms with E-state index in [1.165, 1.54) is 0 Å². The smallest absolute Gasteiger partial charge is 0.280 e. The molecule has 0 amide bonds. The van der Waals surface area contributed by atoms with E-state index in [2.05, 4.69) is 10.1 Å². The molecule has 0 aromatic carbocycles. The largest absolute Gasteiger partial charge is 0.376 e. The van der Waals surface area contributed by atoms with E-state index in [-0.39, 0.29) is 11.7 Å². The van der Waals surface area contributed by atoms with E-state index in [1.807, 2.05) is 13.8 Å². The summed E-state index contributed by atoms with van der Waals surface area (Å²) in [6.07, 6.45) is 2.11. The van der Waals surface area contributed by atoms with E-state index in [4.69, 9.17) is 17.0 Å². The fourth-order valence-corrected chi connectivity index (χ4v) is 2.99. The number of H-pyrrole nitrogens is 1. The fourth-order valence-electron chi connectivity index (χ4n) is 2.73. The molecule has 7 heteroatoms.